The molecule has 0 aliphatic carbocycles. The molecule has 0 spiro atoms. The van der Waals surface area contributed by atoms with E-state index >= 15 is 0 Å². The normalized spacial score (nSPS) is 10.5. The molecule has 0 saturated carbocycles. The van der Waals surface area contributed by atoms with Crippen LogP contribution in [0.25, 0.3) is 10.2 Å². The number of nitrogens with zero attached hydrogens (tertiary/aromatic N) is 1. The van der Waals surface area contributed by atoms with Gasteiger partial charge in [-0.1, -0.05) is 41.1 Å². The second kappa shape index (κ2) is 6.82. The van der Waals surface area contributed by atoms with Crippen molar-refractivity contribution in [2.45, 2.75) is 0 Å². The SMILES string of the molecule is NNc1nc2c(Cl)cc(NC(=O)COc3ccccc3)cc2s1. The van der Waals surface area contributed by atoms with E-state index in [4.69, 9.17) is 22.2 Å². The van der Waals surface area contributed by atoms with E-state index in [1.165, 1.54) is 11.3 Å². The quantitative estimate of drug-likeness (QED) is 0.486. The molecule has 3 aromatic rings. The molecule has 0 aliphatic rings. The summed E-state index contributed by atoms with van der Waals surface area (Å²) in [6.07, 6.45) is 0. The van der Waals surface area contributed by atoms with E-state index in [1.54, 1.807) is 24.3 Å². The standard InChI is InChI=1S/C15H13ClN4O2S/c16-11-6-9(7-12-14(11)19-15(20-17)23-12)18-13(21)8-22-10-4-2-1-3-5-10/h1-7H,8,17H2,(H,18,21)(H,19,20). The van der Waals surface area contributed by atoms with Gasteiger partial charge in [0.05, 0.1) is 9.72 Å². The first kappa shape index (κ1) is 15.5. The Morgan fingerprint density at radius 1 is 1.30 bits per heavy atom. The van der Waals surface area contributed by atoms with E-state index in [1.807, 2.05) is 18.2 Å². The number of amides is 1. The molecule has 6 nitrogen and oxygen atoms in total. The number of carbonyl (C=O) groups excluding carboxylic acids is 1. The Hall–Kier alpha value is -2.35. The van der Waals surface area contributed by atoms with Gasteiger partial charge in [0.15, 0.2) is 11.7 Å². The molecule has 0 atom stereocenters. The van der Waals surface area contributed by atoms with Gasteiger partial charge in [-0.25, -0.2) is 10.8 Å². The van der Waals surface area contributed by atoms with E-state index < -0.39 is 0 Å². The van der Waals surface area contributed by atoms with Gasteiger partial charge in [0.2, 0.25) is 0 Å². The molecule has 0 unspecified atom stereocenters. The topological polar surface area (TPSA) is 89.3 Å². The summed E-state index contributed by atoms with van der Waals surface area (Å²) in [5.74, 6) is 5.71. The number of anilines is 2. The molecule has 4 N–H and O–H groups in total. The molecule has 0 aliphatic heterocycles. The smallest absolute Gasteiger partial charge is 0.262 e. The number of hydrogen-bond acceptors (Lipinski definition) is 6. The lowest BCUT2D eigenvalue weighted by molar-refractivity contribution is -0.118. The van der Waals surface area contributed by atoms with Gasteiger partial charge in [-0.05, 0) is 24.3 Å². The molecular formula is C15H13ClN4O2S. The minimum absolute atomic E-state index is 0.0854. The van der Waals surface area contributed by atoms with Crippen molar-refractivity contribution in [1.82, 2.24) is 4.98 Å². The second-order valence-corrected chi connectivity index (χ2v) is 6.06. The number of nitrogen functional groups attached to an aromatic ring is 1. The first-order valence-electron chi connectivity index (χ1n) is 6.70. The summed E-state index contributed by atoms with van der Waals surface area (Å²) in [6, 6.07) is 12.6. The Bertz CT molecular complexity index is 838. The highest BCUT2D eigenvalue weighted by atomic mass is 35.5. The highest BCUT2D eigenvalue weighted by Gasteiger charge is 2.11. The molecule has 0 bridgehead atoms. The minimum atomic E-state index is -0.272. The van der Waals surface area contributed by atoms with Crippen molar-refractivity contribution in [3.8, 4) is 5.75 Å². The van der Waals surface area contributed by atoms with Gasteiger partial charge >= 0.3 is 0 Å². The van der Waals surface area contributed by atoms with Crippen LogP contribution in [0.5, 0.6) is 5.75 Å². The maximum absolute atomic E-state index is 12.0. The van der Waals surface area contributed by atoms with Crippen molar-refractivity contribution < 1.29 is 9.53 Å². The third-order valence-corrected chi connectivity index (χ3v) is 4.19. The molecule has 1 heterocycles. The Morgan fingerprint density at radius 2 is 2.09 bits per heavy atom. The summed E-state index contributed by atoms with van der Waals surface area (Å²) in [5.41, 5.74) is 3.71. The second-order valence-electron chi connectivity index (χ2n) is 4.62. The number of hydrogen-bond donors (Lipinski definition) is 3. The van der Waals surface area contributed by atoms with Gasteiger partial charge in [0.1, 0.15) is 11.3 Å². The van der Waals surface area contributed by atoms with E-state index in [9.17, 15) is 4.79 Å². The van der Waals surface area contributed by atoms with Crippen molar-refractivity contribution >= 4 is 49.9 Å². The average Bonchev–Trinajstić information content (AvgIpc) is 2.98. The fourth-order valence-electron chi connectivity index (χ4n) is 1.99. The molecule has 1 amide bonds. The van der Waals surface area contributed by atoms with Crippen molar-refractivity contribution in [3.05, 3.63) is 47.5 Å². The number of nitrogens with two attached hydrogens (primary N) is 1. The fraction of sp³-hybridized carbons (Fsp3) is 0.0667. The van der Waals surface area contributed by atoms with Crippen LogP contribution < -0.4 is 21.3 Å². The third-order valence-electron chi connectivity index (χ3n) is 2.97. The molecule has 1 aromatic heterocycles. The molecular weight excluding hydrogens is 336 g/mol. The summed E-state index contributed by atoms with van der Waals surface area (Å²) in [7, 11) is 0. The van der Waals surface area contributed by atoms with Crippen LogP contribution in [-0.2, 0) is 4.79 Å². The number of nitrogens with one attached hydrogen (secondary N) is 2. The lowest BCUT2D eigenvalue weighted by Crippen LogP contribution is -2.20. The number of benzene rings is 2. The number of para-hydroxylation sites is 1. The molecule has 0 fully saturated rings. The lowest BCUT2D eigenvalue weighted by atomic mass is 10.3. The summed E-state index contributed by atoms with van der Waals surface area (Å²) in [6.45, 7) is -0.0854. The Kier molecular flexibility index (Phi) is 4.61. The van der Waals surface area contributed by atoms with Gasteiger partial charge in [-0.2, -0.15) is 0 Å². The molecule has 23 heavy (non-hydrogen) atoms. The number of aromatic nitrogens is 1. The first-order chi connectivity index (χ1) is 11.2. The van der Waals surface area contributed by atoms with Crippen LogP contribution >= 0.6 is 22.9 Å². The first-order valence-corrected chi connectivity index (χ1v) is 7.89. The zero-order valence-corrected chi connectivity index (χ0v) is 13.4. The maximum atomic E-state index is 12.0. The maximum Gasteiger partial charge on any atom is 0.262 e. The number of ether oxygens (including phenoxy) is 1. The third kappa shape index (κ3) is 3.70. The van der Waals surface area contributed by atoms with Crippen LogP contribution in [0.2, 0.25) is 5.02 Å². The average molecular weight is 349 g/mol. The Balaban J connectivity index is 1.69. The van der Waals surface area contributed by atoms with E-state index in [0.717, 1.165) is 4.70 Å². The molecule has 2 aromatic carbocycles. The van der Waals surface area contributed by atoms with Crippen molar-refractivity contribution in [1.29, 1.82) is 0 Å². The monoisotopic (exact) mass is 348 g/mol. The van der Waals surface area contributed by atoms with Crippen LogP contribution in [0, 0.1) is 0 Å². The summed E-state index contributed by atoms with van der Waals surface area (Å²) in [4.78, 5) is 16.2. The zero-order valence-electron chi connectivity index (χ0n) is 11.9. The molecule has 118 valence electrons. The number of thiazole rings is 1. The largest absolute Gasteiger partial charge is 0.484 e. The van der Waals surface area contributed by atoms with Gasteiger partial charge < -0.3 is 10.1 Å². The van der Waals surface area contributed by atoms with Gasteiger partial charge in [0.25, 0.3) is 5.91 Å². The van der Waals surface area contributed by atoms with Gasteiger partial charge in [0, 0.05) is 5.69 Å². The number of fused-ring (bicyclic) bond motifs is 1. The highest BCUT2D eigenvalue weighted by molar-refractivity contribution is 7.22. The van der Waals surface area contributed by atoms with Crippen LogP contribution in [-0.4, -0.2) is 17.5 Å². The summed E-state index contributed by atoms with van der Waals surface area (Å²) < 4.78 is 6.22. The van der Waals surface area contributed by atoms with Crippen LogP contribution in [0.4, 0.5) is 10.8 Å². The van der Waals surface area contributed by atoms with E-state index in [0.29, 0.717) is 27.1 Å². The van der Waals surface area contributed by atoms with Gasteiger partial charge in [-0.3, -0.25) is 10.2 Å². The summed E-state index contributed by atoms with van der Waals surface area (Å²) >= 11 is 7.53. The fourth-order valence-corrected chi connectivity index (χ4v) is 3.15. The highest BCUT2D eigenvalue weighted by Crippen LogP contribution is 2.33. The lowest BCUT2D eigenvalue weighted by Gasteiger charge is -2.08. The van der Waals surface area contributed by atoms with Crippen molar-refractivity contribution in [2.24, 2.45) is 5.84 Å². The van der Waals surface area contributed by atoms with E-state index in [2.05, 4.69) is 15.7 Å². The number of carbonyl (C=O) groups is 1. The number of hydrazine groups is 1. The number of halogens is 1. The summed E-state index contributed by atoms with van der Waals surface area (Å²) in [5, 5.41) is 3.75. The molecule has 0 saturated heterocycles. The number of rotatable bonds is 5. The predicted molar refractivity (Wildman–Crippen MR) is 93.0 cm³/mol. The molecule has 3 rings (SSSR count). The van der Waals surface area contributed by atoms with Crippen LogP contribution in [0.3, 0.4) is 0 Å². The Labute approximate surface area is 141 Å². The van der Waals surface area contributed by atoms with Crippen LogP contribution in [0.1, 0.15) is 0 Å². The predicted octanol–water partition coefficient (Wildman–Crippen LogP) is 3.25. The molecule has 8 heteroatoms. The zero-order chi connectivity index (χ0) is 16.2. The van der Waals surface area contributed by atoms with Crippen molar-refractivity contribution in [3.63, 3.8) is 0 Å². The van der Waals surface area contributed by atoms with Gasteiger partial charge in [-0.15, -0.1) is 0 Å². The van der Waals surface area contributed by atoms with Crippen LogP contribution in [0.15, 0.2) is 42.5 Å². The molecule has 0 radical (unpaired) electrons. The Morgan fingerprint density at radius 3 is 2.83 bits per heavy atom. The van der Waals surface area contributed by atoms with E-state index in [-0.39, 0.29) is 12.5 Å². The van der Waals surface area contributed by atoms with Crippen molar-refractivity contribution in [2.75, 3.05) is 17.3 Å². The minimum Gasteiger partial charge on any atom is -0.484 e.